The van der Waals surface area contributed by atoms with Crippen molar-refractivity contribution in [3.63, 3.8) is 0 Å². The van der Waals surface area contributed by atoms with Crippen molar-refractivity contribution in [2.45, 2.75) is 50.8 Å². The van der Waals surface area contributed by atoms with Crippen molar-refractivity contribution in [2.24, 2.45) is 0 Å². The topological polar surface area (TPSA) is 92.8 Å². The Bertz CT molecular complexity index is 895. The van der Waals surface area contributed by atoms with Crippen molar-refractivity contribution in [1.82, 2.24) is 9.62 Å². The number of amides is 1. The average molecular weight is 457 g/mol. The Morgan fingerprint density at radius 1 is 1.20 bits per heavy atom. The molecule has 0 atom stereocenters. The number of halogens is 1. The average Bonchev–Trinajstić information content (AvgIpc) is 2.73. The number of nitrogens with zero attached hydrogens (tertiary/aromatic N) is 1. The third-order valence-corrected chi connectivity index (χ3v) is 7.36. The van der Waals surface area contributed by atoms with E-state index in [0.717, 1.165) is 19.3 Å². The Morgan fingerprint density at radius 3 is 2.57 bits per heavy atom. The Morgan fingerprint density at radius 2 is 1.93 bits per heavy atom. The molecule has 0 aliphatic heterocycles. The number of sulfonamides is 1. The van der Waals surface area contributed by atoms with E-state index < -0.39 is 28.5 Å². The highest BCUT2D eigenvalue weighted by atomic mass is 35.5. The quantitative estimate of drug-likeness (QED) is 0.429. The van der Waals surface area contributed by atoms with Crippen LogP contribution < -0.4 is 5.32 Å². The molecule has 7 nitrogen and oxygen atoms in total. The summed E-state index contributed by atoms with van der Waals surface area (Å²) in [7, 11) is -3.75. The highest BCUT2D eigenvalue weighted by Crippen LogP contribution is 2.24. The van der Waals surface area contributed by atoms with Crippen molar-refractivity contribution in [1.29, 1.82) is 0 Å². The molecule has 0 unspecified atom stereocenters. The summed E-state index contributed by atoms with van der Waals surface area (Å²) in [6.07, 6.45) is 7.56. The predicted molar refractivity (Wildman–Crippen MR) is 116 cm³/mol. The number of nitrogens with one attached hydrogen (secondary N) is 1. The fraction of sp³-hybridized carbons (Fsp3) is 0.524. The SMILES string of the molecule is CCN(CC)S(=O)(=O)c1ccc(Cl)c(C(=O)OCC(=O)NCCC2=CCCCC2)c1. The monoisotopic (exact) mass is 456 g/mol. The molecule has 1 aliphatic rings. The van der Waals surface area contributed by atoms with Crippen LogP contribution in [0, 0.1) is 0 Å². The molecule has 1 aromatic carbocycles. The zero-order chi connectivity index (χ0) is 22.1. The zero-order valence-corrected chi connectivity index (χ0v) is 19.0. The van der Waals surface area contributed by atoms with Gasteiger partial charge < -0.3 is 10.1 Å². The Kier molecular flexibility index (Phi) is 9.33. The lowest BCUT2D eigenvalue weighted by Crippen LogP contribution is -2.31. The number of allylic oxidation sites excluding steroid dienone is 1. The summed E-state index contributed by atoms with van der Waals surface area (Å²) in [6.45, 7) is 4.10. The van der Waals surface area contributed by atoms with Gasteiger partial charge in [0.15, 0.2) is 6.61 Å². The highest BCUT2D eigenvalue weighted by molar-refractivity contribution is 7.89. The van der Waals surface area contributed by atoms with Crippen LogP contribution >= 0.6 is 11.6 Å². The van der Waals surface area contributed by atoms with E-state index >= 15 is 0 Å². The lowest BCUT2D eigenvalue weighted by molar-refractivity contribution is -0.124. The standard InChI is InChI=1S/C21H29ClN2O5S/c1-3-24(4-2)30(27,28)17-10-11-19(22)18(14-17)21(26)29-15-20(25)23-13-12-16-8-6-5-7-9-16/h8,10-11,14H,3-7,9,12-13,15H2,1-2H3,(H,23,25). The van der Waals surface area contributed by atoms with Crippen LogP contribution in [0.5, 0.6) is 0 Å². The summed E-state index contributed by atoms with van der Waals surface area (Å²) >= 11 is 6.06. The molecule has 0 heterocycles. The molecular weight excluding hydrogens is 428 g/mol. The molecule has 0 saturated carbocycles. The predicted octanol–water partition coefficient (Wildman–Crippen LogP) is 3.53. The van der Waals surface area contributed by atoms with Gasteiger partial charge in [-0.15, -0.1) is 0 Å². The van der Waals surface area contributed by atoms with E-state index in [1.807, 2.05) is 0 Å². The number of carbonyl (C=O) groups excluding carboxylic acids is 2. The summed E-state index contributed by atoms with van der Waals surface area (Å²) in [5, 5.41) is 2.78. The molecule has 166 valence electrons. The second-order valence-corrected chi connectivity index (χ2v) is 9.36. The molecule has 0 bridgehead atoms. The van der Waals surface area contributed by atoms with E-state index in [1.54, 1.807) is 13.8 Å². The first-order chi connectivity index (χ1) is 14.3. The first-order valence-electron chi connectivity index (χ1n) is 10.2. The number of benzene rings is 1. The first kappa shape index (κ1) is 24.4. The minimum Gasteiger partial charge on any atom is -0.452 e. The van der Waals surface area contributed by atoms with Crippen LogP contribution in [0.2, 0.25) is 5.02 Å². The highest BCUT2D eigenvalue weighted by Gasteiger charge is 2.24. The number of ether oxygens (including phenoxy) is 1. The maximum Gasteiger partial charge on any atom is 0.340 e. The van der Waals surface area contributed by atoms with Gasteiger partial charge in [0.25, 0.3) is 5.91 Å². The van der Waals surface area contributed by atoms with Crippen LogP contribution in [0.15, 0.2) is 34.7 Å². The summed E-state index contributed by atoms with van der Waals surface area (Å²) in [5.74, 6) is -1.26. The molecule has 0 saturated heterocycles. The van der Waals surface area contributed by atoms with Gasteiger partial charge in [-0.05, 0) is 50.3 Å². The van der Waals surface area contributed by atoms with Crippen molar-refractivity contribution in [2.75, 3.05) is 26.2 Å². The molecule has 0 radical (unpaired) electrons. The molecule has 30 heavy (non-hydrogen) atoms. The molecular formula is C21H29ClN2O5S. The van der Waals surface area contributed by atoms with Gasteiger partial charge in [0.1, 0.15) is 0 Å². The van der Waals surface area contributed by atoms with E-state index in [2.05, 4.69) is 11.4 Å². The van der Waals surface area contributed by atoms with E-state index in [1.165, 1.54) is 40.9 Å². The molecule has 0 aromatic heterocycles. The van der Waals surface area contributed by atoms with Crippen LogP contribution in [0.4, 0.5) is 0 Å². The molecule has 0 fully saturated rings. The van der Waals surface area contributed by atoms with Crippen LogP contribution in [0.3, 0.4) is 0 Å². The second kappa shape index (κ2) is 11.5. The summed E-state index contributed by atoms with van der Waals surface area (Å²) < 4.78 is 31.6. The van der Waals surface area contributed by atoms with Crippen molar-refractivity contribution >= 4 is 33.5 Å². The van der Waals surface area contributed by atoms with Gasteiger partial charge in [0.2, 0.25) is 10.0 Å². The van der Waals surface area contributed by atoms with Gasteiger partial charge in [0.05, 0.1) is 15.5 Å². The molecule has 2 rings (SSSR count). The molecule has 1 aromatic rings. The lowest BCUT2D eigenvalue weighted by Gasteiger charge is -2.19. The van der Waals surface area contributed by atoms with Gasteiger partial charge in [-0.1, -0.05) is 37.1 Å². The largest absolute Gasteiger partial charge is 0.452 e. The maximum atomic E-state index is 12.7. The maximum absolute atomic E-state index is 12.7. The van der Waals surface area contributed by atoms with Gasteiger partial charge in [-0.25, -0.2) is 13.2 Å². The van der Waals surface area contributed by atoms with Gasteiger partial charge >= 0.3 is 5.97 Å². The molecule has 1 amide bonds. The van der Waals surface area contributed by atoms with Crippen LogP contribution in [-0.4, -0.2) is 50.8 Å². The summed E-state index contributed by atoms with van der Waals surface area (Å²) in [4.78, 5) is 24.3. The molecule has 1 aliphatic carbocycles. The van der Waals surface area contributed by atoms with Crippen LogP contribution in [0.25, 0.3) is 0 Å². The third kappa shape index (κ3) is 6.55. The first-order valence-corrected chi connectivity index (χ1v) is 12.0. The number of hydrogen-bond donors (Lipinski definition) is 1. The lowest BCUT2D eigenvalue weighted by atomic mass is 9.97. The second-order valence-electron chi connectivity index (χ2n) is 7.02. The van der Waals surface area contributed by atoms with Crippen LogP contribution in [-0.2, 0) is 19.6 Å². The Labute approximate surface area is 183 Å². The smallest absolute Gasteiger partial charge is 0.340 e. The van der Waals surface area contributed by atoms with E-state index in [0.29, 0.717) is 19.6 Å². The minimum atomic E-state index is -3.75. The fourth-order valence-corrected chi connectivity index (χ4v) is 4.97. The number of esters is 1. The van der Waals surface area contributed by atoms with Crippen molar-refractivity contribution < 1.29 is 22.7 Å². The summed E-state index contributed by atoms with van der Waals surface area (Å²) in [5.41, 5.74) is 1.25. The van der Waals surface area contributed by atoms with Crippen molar-refractivity contribution in [3.8, 4) is 0 Å². The molecule has 1 N–H and O–H groups in total. The van der Waals surface area contributed by atoms with Gasteiger partial charge in [-0.3, -0.25) is 4.79 Å². The van der Waals surface area contributed by atoms with E-state index in [4.69, 9.17) is 16.3 Å². The summed E-state index contributed by atoms with van der Waals surface area (Å²) in [6, 6.07) is 3.87. The van der Waals surface area contributed by atoms with Crippen LogP contribution in [0.1, 0.15) is 56.3 Å². The minimum absolute atomic E-state index is 0.0484. The molecule has 9 heteroatoms. The number of rotatable bonds is 10. The zero-order valence-electron chi connectivity index (χ0n) is 17.4. The fourth-order valence-electron chi connectivity index (χ4n) is 3.29. The van der Waals surface area contributed by atoms with Gasteiger partial charge in [0, 0.05) is 19.6 Å². The number of hydrogen-bond acceptors (Lipinski definition) is 5. The van der Waals surface area contributed by atoms with E-state index in [-0.39, 0.29) is 15.5 Å². The van der Waals surface area contributed by atoms with Gasteiger partial charge in [-0.2, -0.15) is 4.31 Å². The molecule has 0 spiro atoms. The normalized spacial score (nSPS) is 14.3. The van der Waals surface area contributed by atoms with E-state index in [9.17, 15) is 18.0 Å². The third-order valence-electron chi connectivity index (χ3n) is 4.99. The Hall–Kier alpha value is -1.90. The van der Waals surface area contributed by atoms with Crippen molar-refractivity contribution in [3.05, 3.63) is 40.4 Å². The number of carbonyl (C=O) groups is 2. The Balaban J connectivity index is 1.94.